The van der Waals surface area contributed by atoms with Gasteiger partial charge in [0.05, 0.1) is 33.1 Å². The van der Waals surface area contributed by atoms with E-state index < -0.39 is 11.9 Å². The molecule has 5 N–H and O–H groups in total. The van der Waals surface area contributed by atoms with Crippen LogP contribution in [-0.4, -0.2) is 39.9 Å². The number of aromatic nitrogens is 2. The first kappa shape index (κ1) is 17.0. The number of nitrogens with zero attached hydrogens (tertiary/aromatic N) is 2. The number of benzene rings is 1. The summed E-state index contributed by atoms with van der Waals surface area (Å²) in [5.41, 5.74) is 11.1. The molecule has 2 rings (SSSR count). The molecule has 0 fully saturated rings. The number of nitrogens with two attached hydrogens (primary N) is 2. The van der Waals surface area contributed by atoms with Crippen LogP contribution in [0.1, 0.15) is 20.7 Å². The summed E-state index contributed by atoms with van der Waals surface area (Å²) in [5, 5.41) is 13.7. The third-order valence-corrected chi connectivity index (χ3v) is 3.73. The lowest BCUT2D eigenvalue weighted by atomic mass is 9.97. The second-order valence-electron chi connectivity index (χ2n) is 4.63. The van der Waals surface area contributed by atoms with E-state index in [-0.39, 0.29) is 35.6 Å². The van der Waals surface area contributed by atoms with E-state index in [2.05, 4.69) is 21.0 Å². The number of primary amides is 1. The maximum Gasteiger partial charge on any atom is 0.337 e. The summed E-state index contributed by atoms with van der Waals surface area (Å²) in [5.74, 6) is -1.85. The van der Waals surface area contributed by atoms with Gasteiger partial charge in [0.15, 0.2) is 0 Å². The van der Waals surface area contributed by atoms with Crippen LogP contribution in [-0.2, 0) is 7.05 Å². The second kappa shape index (κ2) is 6.80. The smallest absolute Gasteiger partial charge is 0.337 e. The van der Waals surface area contributed by atoms with Crippen LogP contribution in [0.2, 0.25) is 0 Å². The average Bonchev–Trinajstić information content (AvgIpc) is 2.82. The van der Waals surface area contributed by atoms with Gasteiger partial charge < -0.3 is 21.3 Å². The number of carbonyl (C=O) groups is 2. The summed E-state index contributed by atoms with van der Waals surface area (Å²) in [4.78, 5) is 23.4. The molecular formula is C14H15BrN4O4. The quantitative estimate of drug-likeness (QED) is 0.681. The van der Waals surface area contributed by atoms with E-state index in [0.717, 1.165) is 0 Å². The first-order valence-corrected chi connectivity index (χ1v) is 7.38. The molecular weight excluding hydrogens is 368 g/mol. The number of carbonyl (C=O) groups excluding carboxylic acids is 1. The van der Waals surface area contributed by atoms with Crippen LogP contribution < -0.4 is 16.2 Å². The topological polar surface area (TPSA) is 133 Å². The first-order chi connectivity index (χ1) is 10.9. The van der Waals surface area contributed by atoms with Gasteiger partial charge in [-0.1, -0.05) is 0 Å². The number of hydrogen-bond donors (Lipinski definition) is 3. The third-order valence-electron chi connectivity index (χ3n) is 3.15. The van der Waals surface area contributed by atoms with Crippen LogP contribution in [0, 0.1) is 0 Å². The molecule has 0 radical (unpaired) electrons. The molecule has 0 bridgehead atoms. The van der Waals surface area contributed by atoms with Crippen LogP contribution in [0.4, 0.5) is 0 Å². The lowest BCUT2D eigenvalue weighted by Crippen LogP contribution is -2.19. The van der Waals surface area contributed by atoms with Crippen molar-refractivity contribution in [2.75, 3.05) is 13.2 Å². The summed E-state index contributed by atoms with van der Waals surface area (Å²) in [6.07, 6.45) is 1.52. The zero-order valence-corrected chi connectivity index (χ0v) is 13.8. The lowest BCUT2D eigenvalue weighted by Gasteiger charge is -2.16. The predicted molar refractivity (Wildman–Crippen MR) is 86.4 cm³/mol. The highest BCUT2D eigenvalue weighted by Gasteiger charge is 2.27. The summed E-state index contributed by atoms with van der Waals surface area (Å²) < 4.78 is 7.58. The number of aryl methyl sites for hydroxylation is 1. The first-order valence-electron chi connectivity index (χ1n) is 6.59. The van der Waals surface area contributed by atoms with E-state index >= 15 is 0 Å². The van der Waals surface area contributed by atoms with Crippen molar-refractivity contribution in [2.24, 2.45) is 18.5 Å². The van der Waals surface area contributed by atoms with Gasteiger partial charge in [0.1, 0.15) is 12.4 Å². The van der Waals surface area contributed by atoms with Gasteiger partial charge in [-0.3, -0.25) is 9.48 Å². The highest BCUT2D eigenvalue weighted by Crippen LogP contribution is 2.39. The molecule has 0 saturated heterocycles. The van der Waals surface area contributed by atoms with Crippen molar-refractivity contribution >= 4 is 27.8 Å². The van der Waals surface area contributed by atoms with Gasteiger partial charge in [0.2, 0.25) is 5.91 Å². The molecule has 9 heteroatoms. The van der Waals surface area contributed by atoms with Crippen molar-refractivity contribution in [3.63, 3.8) is 0 Å². The zero-order chi connectivity index (χ0) is 17.1. The van der Waals surface area contributed by atoms with Crippen LogP contribution in [0.5, 0.6) is 5.75 Å². The Morgan fingerprint density at radius 3 is 2.61 bits per heavy atom. The molecule has 0 aliphatic carbocycles. The maximum absolute atomic E-state index is 11.8. The van der Waals surface area contributed by atoms with Gasteiger partial charge in [-0.15, -0.1) is 0 Å². The molecule has 122 valence electrons. The minimum absolute atomic E-state index is 0.110. The SMILES string of the molecule is Cn1ncc(Br)c1-c1c(OCCN)ccc(C(N)=O)c1C(=O)O. The van der Waals surface area contributed by atoms with Crippen molar-refractivity contribution in [2.45, 2.75) is 0 Å². The minimum atomic E-state index is -1.29. The highest BCUT2D eigenvalue weighted by atomic mass is 79.9. The van der Waals surface area contributed by atoms with E-state index in [1.807, 2.05) is 0 Å². The van der Waals surface area contributed by atoms with E-state index in [9.17, 15) is 14.7 Å². The van der Waals surface area contributed by atoms with Crippen LogP contribution in [0.25, 0.3) is 11.3 Å². The Hall–Kier alpha value is -2.39. The number of carboxylic acid groups (broad SMARTS) is 1. The van der Waals surface area contributed by atoms with Crippen molar-refractivity contribution < 1.29 is 19.4 Å². The second-order valence-corrected chi connectivity index (χ2v) is 5.49. The van der Waals surface area contributed by atoms with Gasteiger partial charge in [-0.2, -0.15) is 5.10 Å². The Kier molecular flexibility index (Phi) is 5.02. The molecule has 0 saturated carbocycles. The van der Waals surface area contributed by atoms with Gasteiger partial charge in [0, 0.05) is 13.6 Å². The largest absolute Gasteiger partial charge is 0.492 e. The summed E-state index contributed by atoms with van der Waals surface area (Å²) in [6, 6.07) is 2.82. The monoisotopic (exact) mass is 382 g/mol. The number of amides is 1. The summed E-state index contributed by atoms with van der Waals surface area (Å²) in [7, 11) is 1.65. The number of rotatable bonds is 6. The van der Waals surface area contributed by atoms with E-state index in [0.29, 0.717) is 10.2 Å². The molecule has 1 aromatic heterocycles. The Bertz CT molecular complexity index is 753. The standard InChI is InChI=1S/C14H15BrN4O4/c1-19-12(8(15)6-18-19)11-9(23-5-4-16)3-2-7(13(17)20)10(11)14(21)22/h2-3,6H,4-5,16H2,1H3,(H2,17,20)(H,21,22). The average molecular weight is 383 g/mol. The fraction of sp³-hybridized carbons (Fsp3) is 0.214. The fourth-order valence-corrected chi connectivity index (χ4v) is 2.77. The summed E-state index contributed by atoms with van der Waals surface area (Å²) in [6.45, 7) is 0.448. The van der Waals surface area contributed by atoms with Crippen LogP contribution in [0.3, 0.4) is 0 Å². The Morgan fingerprint density at radius 1 is 1.43 bits per heavy atom. The van der Waals surface area contributed by atoms with Crippen LogP contribution >= 0.6 is 15.9 Å². The predicted octanol–water partition coefficient (Wildman–Crippen LogP) is 0.984. The molecule has 0 aliphatic rings. The third kappa shape index (κ3) is 3.20. The molecule has 2 aromatic rings. The Labute approximate surface area is 140 Å². The number of aromatic carboxylic acids is 1. The number of carboxylic acids is 1. The molecule has 0 spiro atoms. The van der Waals surface area contributed by atoms with Gasteiger partial charge in [-0.05, 0) is 28.1 Å². The van der Waals surface area contributed by atoms with E-state index in [1.54, 1.807) is 7.05 Å². The minimum Gasteiger partial charge on any atom is -0.492 e. The summed E-state index contributed by atoms with van der Waals surface area (Å²) >= 11 is 3.33. The fourth-order valence-electron chi connectivity index (χ4n) is 2.23. The molecule has 23 heavy (non-hydrogen) atoms. The van der Waals surface area contributed by atoms with Crippen LogP contribution in [0.15, 0.2) is 22.8 Å². The maximum atomic E-state index is 11.8. The highest BCUT2D eigenvalue weighted by molar-refractivity contribution is 9.10. The molecule has 8 nitrogen and oxygen atoms in total. The van der Waals surface area contributed by atoms with Crippen molar-refractivity contribution in [3.8, 4) is 17.0 Å². The number of hydrogen-bond acceptors (Lipinski definition) is 5. The Balaban J connectivity index is 2.85. The van der Waals surface area contributed by atoms with Gasteiger partial charge in [-0.25, -0.2) is 4.79 Å². The molecule has 0 unspecified atom stereocenters. The van der Waals surface area contributed by atoms with Crippen molar-refractivity contribution in [3.05, 3.63) is 33.9 Å². The normalized spacial score (nSPS) is 10.6. The zero-order valence-electron chi connectivity index (χ0n) is 12.2. The Morgan fingerprint density at radius 2 is 2.13 bits per heavy atom. The molecule has 1 amide bonds. The van der Waals surface area contributed by atoms with Gasteiger partial charge >= 0.3 is 5.97 Å². The van der Waals surface area contributed by atoms with Crippen molar-refractivity contribution in [1.82, 2.24) is 9.78 Å². The molecule has 0 atom stereocenters. The lowest BCUT2D eigenvalue weighted by molar-refractivity contribution is 0.0692. The van der Waals surface area contributed by atoms with E-state index in [4.69, 9.17) is 16.2 Å². The number of halogens is 1. The number of ether oxygens (including phenoxy) is 1. The molecule has 1 heterocycles. The van der Waals surface area contributed by atoms with E-state index in [1.165, 1.54) is 23.0 Å². The van der Waals surface area contributed by atoms with Gasteiger partial charge in [0.25, 0.3) is 0 Å². The molecule has 0 aliphatic heterocycles. The molecule has 1 aromatic carbocycles. The van der Waals surface area contributed by atoms with Crippen molar-refractivity contribution in [1.29, 1.82) is 0 Å².